The molecule has 2 nitrogen and oxygen atoms in total. The number of benzene rings is 1. The van der Waals surface area contributed by atoms with Crippen LogP contribution in [0.5, 0.6) is 5.75 Å². The van der Waals surface area contributed by atoms with E-state index in [-0.39, 0.29) is 18.2 Å². The second kappa shape index (κ2) is 4.95. The van der Waals surface area contributed by atoms with Crippen LogP contribution in [-0.2, 0) is 6.61 Å². The van der Waals surface area contributed by atoms with Crippen molar-refractivity contribution in [1.29, 1.82) is 0 Å². The fraction of sp³-hybridized carbons (Fsp3) is 0.214. The third kappa shape index (κ3) is 2.81. The molecule has 0 unspecified atom stereocenters. The Bertz CT molecular complexity index is 525. The van der Waals surface area contributed by atoms with Gasteiger partial charge >= 0.3 is 0 Å². The van der Waals surface area contributed by atoms with Crippen LogP contribution in [0.1, 0.15) is 16.8 Å². The molecular weight excluding hydrogens is 217 g/mol. The highest BCUT2D eigenvalue weighted by Crippen LogP contribution is 2.19. The molecule has 0 N–H and O–H groups in total. The van der Waals surface area contributed by atoms with Crippen molar-refractivity contribution in [3.63, 3.8) is 0 Å². The lowest BCUT2D eigenvalue weighted by molar-refractivity contribution is 0.285. The second-order valence-electron chi connectivity index (χ2n) is 3.99. The van der Waals surface area contributed by atoms with Crippen molar-refractivity contribution in [1.82, 2.24) is 4.98 Å². The van der Waals surface area contributed by atoms with Gasteiger partial charge in [-0.15, -0.1) is 0 Å². The molecule has 17 heavy (non-hydrogen) atoms. The van der Waals surface area contributed by atoms with Crippen LogP contribution in [0, 0.1) is 19.7 Å². The Balaban J connectivity index is 2.12. The summed E-state index contributed by atoms with van der Waals surface area (Å²) in [6, 6.07) is 8.64. The highest BCUT2D eigenvalue weighted by atomic mass is 19.1. The van der Waals surface area contributed by atoms with E-state index in [0.717, 1.165) is 16.8 Å². The van der Waals surface area contributed by atoms with Gasteiger partial charge in [0.25, 0.3) is 0 Å². The standard InChI is InChI=1S/C14H14FNO/c1-10-5-6-12(15)14(8-10)17-9-13-11(2)4-3-7-16-13/h3-8H,9H2,1-2H3. The number of hydrogen-bond acceptors (Lipinski definition) is 2. The van der Waals surface area contributed by atoms with Crippen LogP contribution in [-0.4, -0.2) is 4.98 Å². The Morgan fingerprint density at radius 2 is 2.06 bits per heavy atom. The van der Waals surface area contributed by atoms with Crippen LogP contribution < -0.4 is 4.74 Å². The number of rotatable bonds is 3. The summed E-state index contributed by atoms with van der Waals surface area (Å²) in [6.07, 6.45) is 1.71. The minimum absolute atomic E-state index is 0.273. The molecule has 0 aliphatic carbocycles. The zero-order valence-corrected chi connectivity index (χ0v) is 9.90. The lowest BCUT2D eigenvalue weighted by Gasteiger charge is -2.09. The molecule has 0 bridgehead atoms. The van der Waals surface area contributed by atoms with Crippen LogP contribution in [0.3, 0.4) is 0 Å². The van der Waals surface area contributed by atoms with Crippen LogP contribution in [0.25, 0.3) is 0 Å². The summed E-state index contributed by atoms with van der Waals surface area (Å²) in [5, 5.41) is 0. The maximum atomic E-state index is 13.4. The minimum Gasteiger partial charge on any atom is -0.484 e. The molecule has 0 radical (unpaired) electrons. The van der Waals surface area contributed by atoms with Gasteiger partial charge in [-0.05, 0) is 43.2 Å². The normalized spacial score (nSPS) is 10.3. The number of nitrogens with zero attached hydrogens (tertiary/aromatic N) is 1. The van der Waals surface area contributed by atoms with Crippen molar-refractivity contribution in [2.45, 2.75) is 20.5 Å². The Hall–Kier alpha value is -1.90. The topological polar surface area (TPSA) is 22.1 Å². The van der Waals surface area contributed by atoms with Gasteiger partial charge in [0.1, 0.15) is 6.61 Å². The van der Waals surface area contributed by atoms with E-state index in [1.54, 1.807) is 18.3 Å². The van der Waals surface area contributed by atoms with Crippen LogP contribution in [0.15, 0.2) is 36.5 Å². The monoisotopic (exact) mass is 231 g/mol. The first-order valence-electron chi connectivity index (χ1n) is 5.46. The van der Waals surface area contributed by atoms with Crippen molar-refractivity contribution in [3.05, 3.63) is 59.2 Å². The molecule has 3 heteroatoms. The van der Waals surface area contributed by atoms with Crippen molar-refractivity contribution in [3.8, 4) is 5.75 Å². The molecular formula is C14H14FNO. The number of halogens is 1. The van der Waals surface area contributed by atoms with Gasteiger partial charge in [0.15, 0.2) is 11.6 Å². The molecule has 0 aliphatic rings. The van der Waals surface area contributed by atoms with Gasteiger partial charge in [0, 0.05) is 6.20 Å². The van der Waals surface area contributed by atoms with E-state index in [4.69, 9.17) is 4.74 Å². The fourth-order valence-electron chi connectivity index (χ4n) is 1.54. The highest BCUT2D eigenvalue weighted by Gasteiger charge is 2.05. The molecule has 0 aliphatic heterocycles. The quantitative estimate of drug-likeness (QED) is 0.807. The Morgan fingerprint density at radius 3 is 2.82 bits per heavy atom. The van der Waals surface area contributed by atoms with Gasteiger partial charge in [-0.2, -0.15) is 0 Å². The van der Waals surface area contributed by atoms with Crippen LogP contribution in [0.2, 0.25) is 0 Å². The molecule has 0 saturated carbocycles. The average Bonchev–Trinajstić information content (AvgIpc) is 2.32. The molecule has 0 fully saturated rings. The van der Waals surface area contributed by atoms with Crippen molar-refractivity contribution in [2.24, 2.45) is 0 Å². The summed E-state index contributed by atoms with van der Waals surface area (Å²) in [4.78, 5) is 4.20. The van der Waals surface area contributed by atoms with Crippen molar-refractivity contribution < 1.29 is 9.13 Å². The molecule has 1 heterocycles. The van der Waals surface area contributed by atoms with Gasteiger partial charge in [-0.25, -0.2) is 4.39 Å². The predicted octanol–water partition coefficient (Wildman–Crippen LogP) is 3.42. The zero-order chi connectivity index (χ0) is 12.3. The van der Waals surface area contributed by atoms with Gasteiger partial charge in [-0.1, -0.05) is 12.1 Å². The molecule has 2 aromatic rings. The van der Waals surface area contributed by atoms with Crippen LogP contribution in [0.4, 0.5) is 4.39 Å². The average molecular weight is 231 g/mol. The van der Waals surface area contributed by atoms with E-state index in [2.05, 4.69) is 4.98 Å². The van der Waals surface area contributed by atoms with Crippen LogP contribution >= 0.6 is 0 Å². The first kappa shape index (κ1) is 11.6. The first-order chi connectivity index (χ1) is 8.16. The Morgan fingerprint density at radius 1 is 1.24 bits per heavy atom. The van der Waals surface area contributed by atoms with E-state index in [0.29, 0.717) is 0 Å². The predicted molar refractivity (Wildman–Crippen MR) is 64.4 cm³/mol. The zero-order valence-electron chi connectivity index (χ0n) is 9.90. The highest BCUT2D eigenvalue weighted by molar-refractivity contribution is 5.29. The summed E-state index contributed by atoms with van der Waals surface area (Å²) in [6.45, 7) is 4.14. The Labute approximate surface area is 100 Å². The third-order valence-corrected chi connectivity index (χ3v) is 2.57. The molecule has 1 aromatic heterocycles. The maximum absolute atomic E-state index is 13.4. The number of ether oxygens (including phenoxy) is 1. The molecule has 2 rings (SSSR count). The lowest BCUT2D eigenvalue weighted by Crippen LogP contribution is -2.01. The molecule has 1 aromatic carbocycles. The summed E-state index contributed by atoms with van der Waals surface area (Å²) >= 11 is 0. The van der Waals surface area contributed by atoms with Gasteiger partial charge in [0.2, 0.25) is 0 Å². The maximum Gasteiger partial charge on any atom is 0.165 e. The molecule has 88 valence electrons. The number of hydrogen-bond donors (Lipinski definition) is 0. The van der Waals surface area contributed by atoms with E-state index >= 15 is 0 Å². The summed E-state index contributed by atoms with van der Waals surface area (Å²) in [5.41, 5.74) is 2.84. The summed E-state index contributed by atoms with van der Waals surface area (Å²) < 4.78 is 18.9. The largest absolute Gasteiger partial charge is 0.484 e. The van der Waals surface area contributed by atoms with E-state index in [9.17, 15) is 4.39 Å². The smallest absolute Gasteiger partial charge is 0.165 e. The summed E-state index contributed by atoms with van der Waals surface area (Å²) in [7, 11) is 0. The SMILES string of the molecule is Cc1ccc(F)c(OCc2ncccc2C)c1. The Kier molecular flexibility index (Phi) is 3.38. The fourth-order valence-corrected chi connectivity index (χ4v) is 1.54. The third-order valence-electron chi connectivity index (χ3n) is 2.57. The van der Waals surface area contributed by atoms with E-state index in [1.165, 1.54) is 6.07 Å². The number of pyridine rings is 1. The number of aryl methyl sites for hydroxylation is 2. The summed E-state index contributed by atoms with van der Waals surface area (Å²) in [5.74, 6) is -0.0702. The van der Waals surface area contributed by atoms with Gasteiger partial charge < -0.3 is 4.74 Å². The molecule has 0 amide bonds. The second-order valence-corrected chi connectivity index (χ2v) is 3.99. The number of aromatic nitrogens is 1. The molecule has 0 saturated heterocycles. The van der Waals surface area contributed by atoms with Gasteiger partial charge in [-0.3, -0.25) is 4.98 Å². The lowest BCUT2D eigenvalue weighted by atomic mass is 10.2. The molecule has 0 atom stereocenters. The van der Waals surface area contributed by atoms with E-state index < -0.39 is 0 Å². The van der Waals surface area contributed by atoms with E-state index in [1.807, 2.05) is 26.0 Å². The first-order valence-corrected chi connectivity index (χ1v) is 5.46. The molecule has 0 spiro atoms. The van der Waals surface area contributed by atoms with Gasteiger partial charge in [0.05, 0.1) is 5.69 Å². The van der Waals surface area contributed by atoms with Crippen molar-refractivity contribution >= 4 is 0 Å². The van der Waals surface area contributed by atoms with Crippen molar-refractivity contribution in [2.75, 3.05) is 0 Å². The minimum atomic E-state index is -0.343.